The highest BCUT2D eigenvalue weighted by molar-refractivity contribution is 6.29. The molecule has 0 unspecified atom stereocenters. The van der Waals surface area contributed by atoms with Gasteiger partial charge in [-0.2, -0.15) is 4.57 Å². The van der Waals surface area contributed by atoms with E-state index in [4.69, 9.17) is 0 Å². The van der Waals surface area contributed by atoms with Gasteiger partial charge in [-0.05, 0) is 36.8 Å². The van der Waals surface area contributed by atoms with Crippen LogP contribution in [0.25, 0.3) is 54.8 Å². The molecular formula is C28H22N3+. The van der Waals surface area contributed by atoms with Crippen molar-refractivity contribution >= 4 is 49.1 Å². The zero-order valence-electron chi connectivity index (χ0n) is 17.8. The molecule has 0 fully saturated rings. The Morgan fingerprint density at radius 3 is 2.10 bits per heavy atom. The van der Waals surface area contributed by atoms with Gasteiger partial charge in [0.25, 0.3) is 5.82 Å². The van der Waals surface area contributed by atoms with E-state index < -0.39 is 0 Å². The van der Waals surface area contributed by atoms with Gasteiger partial charge in [-0.25, -0.2) is 4.57 Å². The first kappa shape index (κ1) is 16.9. The summed E-state index contributed by atoms with van der Waals surface area (Å²) in [5.74, 6) is 1.23. The third-order valence-electron chi connectivity index (χ3n) is 7.07. The summed E-state index contributed by atoms with van der Waals surface area (Å²) in [7, 11) is 2.20. The van der Waals surface area contributed by atoms with Crippen molar-refractivity contribution in [2.45, 2.75) is 13.8 Å². The molecule has 0 aliphatic heterocycles. The standard InChI is InChI=1S/C28H22N3/c1-17-10-4-7-13-22(17)30-18(2)29(3)28-25(30)16-21-19-11-5-8-14-23(19)31-24-15-9-6-12-20(24)26(28)27(21)31/h4-16H,1-3H3/q+1. The van der Waals surface area contributed by atoms with Crippen LogP contribution in [-0.2, 0) is 7.05 Å². The van der Waals surface area contributed by atoms with Crippen molar-refractivity contribution in [2.24, 2.45) is 7.05 Å². The minimum Gasteiger partial charge on any atom is -0.308 e. The van der Waals surface area contributed by atoms with E-state index in [2.05, 4.69) is 113 Å². The lowest BCUT2D eigenvalue weighted by atomic mass is 10.1. The quantitative estimate of drug-likeness (QED) is 0.290. The fraction of sp³-hybridized carbons (Fsp3) is 0.107. The summed E-state index contributed by atoms with van der Waals surface area (Å²) >= 11 is 0. The minimum atomic E-state index is 1.23. The number of aromatic nitrogens is 3. The first-order valence-corrected chi connectivity index (χ1v) is 10.8. The Balaban J connectivity index is 1.85. The second kappa shape index (κ2) is 5.64. The van der Waals surface area contributed by atoms with Crippen LogP contribution in [0.3, 0.4) is 0 Å². The molecule has 3 nitrogen and oxygen atoms in total. The summed E-state index contributed by atoms with van der Waals surface area (Å²) < 4.78 is 7.24. The normalized spacial score (nSPS) is 12.4. The largest absolute Gasteiger partial charge is 0.308 e. The van der Waals surface area contributed by atoms with Gasteiger partial charge in [-0.1, -0.05) is 54.6 Å². The van der Waals surface area contributed by atoms with E-state index in [1.165, 1.54) is 66.2 Å². The molecule has 0 radical (unpaired) electrons. The molecule has 7 aromatic rings. The molecular weight excluding hydrogens is 378 g/mol. The van der Waals surface area contributed by atoms with Crippen molar-refractivity contribution in [3.63, 3.8) is 0 Å². The van der Waals surface area contributed by atoms with Crippen LogP contribution < -0.4 is 4.57 Å². The Bertz CT molecular complexity index is 1810. The number of para-hydroxylation sites is 3. The maximum Gasteiger partial charge on any atom is 0.259 e. The number of aryl methyl sites for hydroxylation is 2. The van der Waals surface area contributed by atoms with Gasteiger partial charge in [0, 0.05) is 23.1 Å². The van der Waals surface area contributed by atoms with Crippen molar-refractivity contribution in [3.05, 3.63) is 90.3 Å². The average Bonchev–Trinajstić information content (AvgIpc) is 3.39. The molecule has 0 amide bonds. The van der Waals surface area contributed by atoms with Crippen LogP contribution in [-0.4, -0.2) is 8.97 Å². The lowest BCUT2D eigenvalue weighted by Crippen LogP contribution is -2.31. The average molecular weight is 401 g/mol. The Hall–Kier alpha value is -3.85. The summed E-state index contributed by atoms with van der Waals surface area (Å²) in [5, 5.41) is 5.30. The number of hydrogen-bond acceptors (Lipinski definition) is 0. The monoisotopic (exact) mass is 400 g/mol. The van der Waals surface area contributed by atoms with Gasteiger partial charge in [0.05, 0.1) is 29.0 Å². The molecule has 3 heteroatoms. The third-order valence-corrected chi connectivity index (χ3v) is 7.07. The van der Waals surface area contributed by atoms with Crippen molar-refractivity contribution in [1.82, 2.24) is 8.97 Å². The van der Waals surface area contributed by atoms with Crippen LogP contribution >= 0.6 is 0 Å². The Morgan fingerprint density at radius 2 is 1.32 bits per heavy atom. The Morgan fingerprint density at radius 1 is 0.677 bits per heavy atom. The molecule has 31 heavy (non-hydrogen) atoms. The van der Waals surface area contributed by atoms with Gasteiger partial charge in [0.2, 0.25) is 0 Å². The highest BCUT2D eigenvalue weighted by Gasteiger charge is 2.29. The van der Waals surface area contributed by atoms with Crippen molar-refractivity contribution in [1.29, 1.82) is 0 Å². The predicted molar refractivity (Wildman–Crippen MR) is 129 cm³/mol. The summed E-state index contributed by atoms with van der Waals surface area (Å²) in [6, 6.07) is 28.7. The molecule has 7 rings (SSSR count). The van der Waals surface area contributed by atoms with E-state index in [9.17, 15) is 0 Å². The fourth-order valence-electron chi connectivity index (χ4n) is 5.60. The van der Waals surface area contributed by atoms with E-state index >= 15 is 0 Å². The molecule has 0 aliphatic rings. The highest BCUT2D eigenvalue weighted by Crippen LogP contribution is 2.42. The van der Waals surface area contributed by atoms with Crippen LogP contribution in [0.4, 0.5) is 0 Å². The smallest absolute Gasteiger partial charge is 0.259 e. The Labute approximate surface area is 179 Å². The number of nitrogens with zero attached hydrogens (tertiary/aromatic N) is 3. The topological polar surface area (TPSA) is 13.2 Å². The summed E-state index contributed by atoms with van der Waals surface area (Å²) in [5.41, 5.74) is 8.95. The van der Waals surface area contributed by atoms with E-state index in [1.807, 2.05) is 0 Å². The van der Waals surface area contributed by atoms with Gasteiger partial charge < -0.3 is 4.40 Å². The first-order chi connectivity index (χ1) is 15.2. The van der Waals surface area contributed by atoms with Crippen LogP contribution in [0, 0.1) is 13.8 Å². The predicted octanol–water partition coefficient (Wildman–Crippen LogP) is 6.22. The second-order valence-corrected chi connectivity index (χ2v) is 8.61. The van der Waals surface area contributed by atoms with Gasteiger partial charge in [0.15, 0.2) is 11.0 Å². The maximum atomic E-state index is 2.45. The molecule has 0 saturated carbocycles. The van der Waals surface area contributed by atoms with E-state index in [-0.39, 0.29) is 0 Å². The molecule has 3 aromatic heterocycles. The number of benzene rings is 4. The molecule has 0 N–H and O–H groups in total. The van der Waals surface area contributed by atoms with Crippen molar-refractivity contribution in [2.75, 3.05) is 0 Å². The molecule has 4 aromatic carbocycles. The SMILES string of the molecule is Cc1ccccc1-n1c(C)[n+](C)c2c3c4ccccc4n4c5ccccc5c(cc21)c34. The summed E-state index contributed by atoms with van der Waals surface area (Å²) in [4.78, 5) is 0. The third kappa shape index (κ3) is 1.92. The lowest BCUT2D eigenvalue weighted by Gasteiger charge is -2.03. The van der Waals surface area contributed by atoms with Crippen LogP contribution in [0.15, 0.2) is 78.9 Å². The van der Waals surface area contributed by atoms with Crippen LogP contribution in [0.5, 0.6) is 0 Å². The maximum absolute atomic E-state index is 2.45. The van der Waals surface area contributed by atoms with Gasteiger partial charge >= 0.3 is 0 Å². The second-order valence-electron chi connectivity index (χ2n) is 8.61. The van der Waals surface area contributed by atoms with E-state index in [0.717, 1.165) is 0 Å². The van der Waals surface area contributed by atoms with Crippen LogP contribution in [0.1, 0.15) is 11.4 Å². The summed E-state index contributed by atoms with van der Waals surface area (Å²) in [6.45, 7) is 4.41. The van der Waals surface area contributed by atoms with Gasteiger partial charge in [-0.3, -0.25) is 0 Å². The first-order valence-electron chi connectivity index (χ1n) is 10.8. The number of rotatable bonds is 1. The zero-order valence-corrected chi connectivity index (χ0v) is 17.8. The number of hydrogen-bond donors (Lipinski definition) is 0. The number of fused-ring (bicyclic) bond motifs is 8. The van der Waals surface area contributed by atoms with Crippen molar-refractivity contribution < 1.29 is 4.57 Å². The summed E-state index contributed by atoms with van der Waals surface area (Å²) in [6.07, 6.45) is 0. The lowest BCUT2D eigenvalue weighted by molar-refractivity contribution is -0.651. The van der Waals surface area contributed by atoms with Crippen molar-refractivity contribution in [3.8, 4) is 5.69 Å². The molecule has 0 spiro atoms. The molecule has 0 aliphatic carbocycles. The Kier molecular flexibility index (Phi) is 3.07. The molecule has 148 valence electrons. The van der Waals surface area contributed by atoms with Gasteiger partial charge in [-0.15, -0.1) is 0 Å². The fourth-order valence-corrected chi connectivity index (χ4v) is 5.60. The highest BCUT2D eigenvalue weighted by atomic mass is 15.2. The van der Waals surface area contributed by atoms with E-state index in [0.29, 0.717) is 0 Å². The van der Waals surface area contributed by atoms with Gasteiger partial charge in [0.1, 0.15) is 5.69 Å². The molecule has 0 atom stereocenters. The van der Waals surface area contributed by atoms with Crippen LogP contribution in [0.2, 0.25) is 0 Å². The molecule has 0 bridgehead atoms. The molecule has 3 heterocycles. The zero-order chi connectivity index (χ0) is 20.9. The molecule has 0 saturated heterocycles. The van der Waals surface area contributed by atoms with E-state index in [1.54, 1.807) is 0 Å². The number of imidazole rings is 1. The minimum absolute atomic E-state index is 1.23.